The molecule has 0 heterocycles. The first-order valence-corrected chi connectivity index (χ1v) is 9.46. The number of benzene rings is 3. The fourth-order valence-corrected chi connectivity index (χ4v) is 3.97. The van der Waals surface area contributed by atoms with Crippen LogP contribution in [0.15, 0.2) is 66.7 Å². The smallest absolute Gasteiger partial charge is 0.248 e. The summed E-state index contributed by atoms with van der Waals surface area (Å²) in [7, 11) is 0. The number of carbonyl (C=O) groups excluding carboxylic acids is 1. The van der Waals surface area contributed by atoms with Crippen molar-refractivity contribution >= 4 is 29.9 Å². The number of halogens is 2. The van der Waals surface area contributed by atoms with Gasteiger partial charge in [0.2, 0.25) is 5.91 Å². The van der Waals surface area contributed by atoms with Crippen molar-refractivity contribution in [1.82, 2.24) is 5.32 Å². The quantitative estimate of drug-likeness (QED) is 0.632. The largest absolute Gasteiger partial charge is 0.366 e. The van der Waals surface area contributed by atoms with Crippen molar-refractivity contribution in [3.8, 4) is 11.1 Å². The van der Waals surface area contributed by atoms with Crippen molar-refractivity contribution in [2.45, 2.75) is 25.4 Å². The molecule has 1 aliphatic rings. The van der Waals surface area contributed by atoms with Gasteiger partial charge in [0.25, 0.3) is 0 Å². The molecule has 0 saturated carbocycles. The van der Waals surface area contributed by atoms with E-state index in [4.69, 9.17) is 17.3 Å². The normalized spacial score (nSPS) is 13.0. The van der Waals surface area contributed by atoms with Crippen LogP contribution in [0, 0.1) is 0 Å². The van der Waals surface area contributed by atoms with E-state index in [1.54, 1.807) is 12.1 Å². The molecule has 0 radical (unpaired) electrons. The monoisotopic (exact) mass is 412 g/mol. The molecule has 0 unspecified atom stereocenters. The highest BCUT2D eigenvalue weighted by atomic mass is 35.5. The van der Waals surface area contributed by atoms with Crippen LogP contribution in [0.1, 0.15) is 27.0 Å². The van der Waals surface area contributed by atoms with Gasteiger partial charge in [-0.15, -0.1) is 12.4 Å². The summed E-state index contributed by atoms with van der Waals surface area (Å²) in [6.07, 6.45) is 2.14. The third kappa shape index (κ3) is 4.56. The molecule has 0 bridgehead atoms. The predicted molar refractivity (Wildman–Crippen MR) is 117 cm³/mol. The fraction of sp³-hybridized carbons (Fsp3) is 0.174. The molecule has 1 aliphatic carbocycles. The highest BCUT2D eigenvalue weighted by Gasteiger charge is 2.20. The number of hydrogen-bond acceptors (Lipinski definition) is 2. The molecule has 0 aliphatic heterocycles. The van der Waals surface area contributed by atoms with Gasteiger partial charge >= 0.3 is 0 Å². The van der Waals surface area contributed by atoms with Gasteiger partial charge in [-0.25, -0.2) is 0 Å². The topological polar surface area (TPSA) is 55.1 Å². The summed E-state index contributed by atoms with van der Waals surface area (Å²) in [6.45, 7) is 0.769. The third-order valence-electron chi connectivity index (χ3n) is 5.11. The Labute approximate surface area is 176 Å². The summed E-state index contributed by atoms with van der Waals surface area (Å²) in [5.41, 5.74) is 11.9. The van der Waals surface area contributed by atoms with E-state index in [0.717, 1.165) is 36.1 Å². The van der Waals surface area contributed by atoms with Crippen LogP contribution < -0.4 is 11.1 Å². The SMILES string of the molecule is Cl.NC(=O)c1ccc(-c2cc(Cl)cc(CNC3Cc4ccccc4C3)c2)cc1. The van der Waals surface area contributed by atoms with Gasteiger partial charge in [0, 0.05) is 23.2 Å². The van der Waals surface area contributed by atoms with E-state index in [-0.39, 0.29) is 12.4 Å². The Morgan fingerprint density at radius 2 is 1.61 bits per heavy atom. The number of amides is 1. The lowest BCUT2D eigenvalue weighted by Gasteiger charge is -2.13. The van der Waals surface area contributed by atoms with Crippen molar-refractivity contribution in [2.75, 3.05) is 0 Å². The maximum absolute atomic E-state index is 11.2. The molecule has 0 atom stereocenters. The molecule has 5 heteroatoms. The second kappa shape index (κ2) is 8.78. The molecule has 0 fully saturated rings. The number of nitrogens with two attached hydrogens (primary N) is 1. The molecule has 3 aromatic rings. The molecular weight excluding hydrogens is 391 g/mol. The Kier molecular flexibility index (Phi) is 6.40. The third-order valence-corrected chi connectivity index (χ3v) is 5.32. The Hall–Kier alpha value is -2.33. The minimum absolute atomic E-state index is 0. The zero-order valence-corrected chi connectivity index (χ0v) is 16.9. The van der Waals surface area contributed by atoms with E-state index in [0.29, 0.717) is 16.6 Å². The van der Waals surface area contributed by atoms with E-state index in [2.05, 4.69) is 35.6 Å². The summed E-state index contributed by atoms with van der Waals surface area (Å²) >= 11 is 6.35. The van der Waals surface area contributed by atoms with Crippen molar-refractivity contribution in [2.24, 2.45) is 5.73 Å². The highest BCUT2D eigenvalue weighted by molar-refractivity contribution is 6.31. The first kappa shape index (κ1) is 20.4. The highest BCUT2D eigenvalue weighted by Crippen LogP contribution is 2.26. The van der Waals surface area contributed by atoms with Gasteiger partial charge in [-0.05, 0) is 71.0 Å². The van der Waals surface area contributed by atoms with Crippen molar-refractivity contribution < 1.29 is 4.79 Å². The molecule has 0 saturated heterocycles. The summed E-state index contributed by atoms with van der Waals surface area (Å²) in [5.74, 6) is -0.421. The second-order valence-corrected chi connectivity index (χ2v) is 7.48. The van der Waals surface area contributed by atoms with Crippen LogP contribution in [-0.2, 0) is 19.4 Å². The Balaban J connectivity index is 0.00000225. The number of rotatable bonds is 5. The standard InChI is InChI=1S/C23H21ClN2O.ClH/c24-21-10-15(14-26-22-12-18-3-1-2-4-19(18)13-22)9-20(11-21)16-5-7-17(8-6-16)23(25)27;/h1-11,22,26H,12-14H2,(H2,25,27);1H. The minimum Gasteiger partial charge on any atom is -0.366 e. The maximum Gasteiger partial charge on any atom is 0.248 e. The van der Waals surface area contributed by atoms with Crippen LogP contribution >= 0.6 is 24.0 Å². The second-order valence-electron chi connectivity index (χ2n) is 7.04. The van der Waals surface area contributed by atoms with E-state index < -0.39 is 5.91 Å². The van der Waals surface area contributed by atoms with E-state index in [9.17, 15) is 4.79 Å². The molecule has 0 aromatic heterocycles. The molecule has 1 amide bonds. The van der Waals surface area contributed by atoms with Crippen LogP contribution in [0.3, 0.4) is 0 Å². The van der Waals surface area contributed by atoms with Gasteiger partial charge in [-0.3, -0.25) is 4.79 Å². The van der Waals surface area contributed by atoms with Gasteiger partial charge in [-0.2, -0.15) is 0 Å². The summed E-state index contributed by atoms with van der Waals surface area (Å²) in [4.78, 5) is 11.2. The molecule has 3 nitrogen and oxygen atoms in total. The lowest BCUT2D eigenvalue weighted by Crippen LogP contribution is -2.28. The minimum atomic E-state index is -0.421. The first-order chi connectivity index (χ1) is 13.1. The van der Waals surface area contributed by atoms with E-state index in [1.165, 1.54) is 11.1 Å². The van der Waals surface area contributed by atoms with Crippen molar-refractivity contribution in [3.63, 3.8) is 0 Å². The van der Waals surface area contributed by atoms with Gasteiger partial charge < -0.3 is 11.1 Å². The van der Waals surface area contributed by atoms with Gasteiger partial charge in [-0.1, -0.05) is 48.0 Å². The molecule has 3 N–H and O–H groups in total. The average Bonchev–Trinajstić information content (AvgIpc) is 3.09. The molecule has 144 valence electrons. The number of fused-ring (bicyclic) bond motifs is 1. The van der Waals surface area contributed by atoms with Gasteiger partial charge in [0.05, 0.1) is 0 Å². The Bertz CT molecular complexity index is 961. The molecular formula is C23H22Cl2N2O. The van der Waals surface area contributed by atoms with Crippen LogP contribution in [-0.4, -0.2) is 11.9 Å². The van der Waals surface area contributed by atoms with E-state index >= 15 is 0 Å². The van der Waals surface area contributed by atoms with Crippen molar-refractivity contribution in [1.29, 1.82) is 0 Å². The summed E-state index contributed by atoms with van der Waals surface area (Å²) in [5, 5.41) is 4.36. The first-order valence-electron chi connectivity index (χ1n) is 9.08. The van der Waals surface area contributed by atoms with Crippen molar-refractivity contribution in [3.05, 3.63) is 94.0 Å². The van der Waals surface area contributed by atoms with Crippen LogP contribution in [0.4, 0.5) is 0 Å². The lowest BCUT2D eigenvalue weighted by atomic mass is 10.0. The molecule has 28 heavy (non-hydrogen) atoms. The zero-order valence-electron chi connectivity index (χ0n) is 15.3. The van der Waals surface area contributed by atoms with Gasteiger partial charge in [0.1, 0.15) is 0 Å². The summed E-state index contributed by atoms with van der Waals surface area (Å²) in [6, 6.07) is 22.5. The molecule has 4 rings (SSSR count). The van der Waals surface area contributed by atoms with Crippen LogP contribution in [0.2, 0.25) is 5.02 Å². The maximum atomic E-state index is 11.2. The predicted octanol–water partition coefficient (Wildman–Crippen LogP) is 4.78. The fourth-order valence-electron chi connectivity index (χ4n) is 3.71. The molecule has 3 aromatic carbocycles. The number of hydrogen-bond donors (Lipinski definition) is 2. The van der Waals surface area contributed by atoms with E-state index in [1.807, 2.05) is 24.3 Å². The Morgan fingerprint density at radius 3 is 2.21 bits per heavy atom. The molecule has 0 spiro atoms. The van der Waals surface area contributed by atoms with Crippen LogP contribution in [0.25, 0.3) is 11.1 Å². The number of primary amides is 1. The summed E-state index contributed by atoms with van der Waals surface area (Å²) < 4.78 is 0. The Morgan fingerprint density at radius 1 is 0.964 bits per heavy atom. The van der Waals surface area contributed by atoms with Crippen LogP contribution in [0.5, 0.6) is 0 Å². The zero-order chi connectivity index (χ0) is 18.8. The number of nitrogens with one attached hydrogen (secondary N) is 1. The lowest BCUT2D eigenvalue weighted by molar-refractivity contribution is 0.100. The van der Waals surface area contributed by atoms with Gasteiger partial charge in [0.15, 0.2) is 0 Å². The average molecular weight is 413 g/mol. The number of carbonyl (C=O) groups is 1.